The van der Waals surface area contributed by atoms with Crippen molar-refractivity contribution in [1.29, 1.82) is 0 Å². The maximum absolute atomic E-state index is 13.3. The summed E-state index contributed by atoms with van der Waals surface area (Å²) in [5.74, 6) is -0.827. The zero-order chi connectivity index (χ0) is 23.5. The first-order chi connectivity index (χ1) is 15.8. The molecule has 0 spiro atoms. The lowest BCUT2D eigenvalue weighted by Gasteiger charge is -2.24. The summed E-state index contributed by atoms with van der Waals surface area (Å²) in [7, 11) is 0. The van der Waals surface area contributed by atoms with Crippen LogP contribution in [0.25, 0.3) is 0 Å². The van der Waals surface area contributed by atoms with Crippen LogP contribution in [-0.4, -0.2) is 35.7 Å². The van der Waals surface area contributed by atoms with Gasteiger partial charge in [0, 0.05) is 39.4 Å². The highest BCUT2D eigenvalue weighted by Gasteiger charge is 2.34. The second-order valence-electron chi connectivity index (χ2n) is 7.61. The standard InChI is InChI=1S/C25H19Cl3N2O3/c26-17-7-9-20(10-8-17)29(23(31)16-13-18(27)15-19(28)14-16)11-3-4-12-30-24(32)21-5-1-2-6-22(21)25(30)33/h1-2,5-10,13-15H,3-4,11-12H2. The fourth-order valence-electron chi connectivity index (χ4n) is 3.78. The van der Waals surface area contributed by atoms with Crippen molar-refractivity contribution in [2.75, 3.05) is 18.0 Å². The Morgan fingerprint density at radius 3 is 1.91 bits per heavy atom. The van der Waals surface area contributed by atoms with Gasteiger partial charge in [-0.1, -0.05) is 46.9 Å². The molecule has 4 rings (SSSR count). The van der Waals surface area contributed by atoms with Crippen LogP contribution in [0.4, 0.5) is 5.69 Å². The Balaban J connectivity index is 1.46. The van der Waals surface area contributed by atoms with E-state index in [0.717, 1.165) is 0 Å². The molecule has 0 bridgehead atoms. The van der Waals surface area contributed by atoms with E-state index in [0.29, 0.717) is 56.8 Å². The molecule has 1 heterocycles. The van der Waals surface area contributed by atoms with Gasteiger partial charge in [-0.15, -0.1) is 0 Å². The van der Waals surface area contributed by atoms with Gasteiger partial charge in [-0.2, -0.15) is 0 Å². The number of hydrogen-bond donors (Lipinski definition) is 0. The molecular weight excluding hydrogens is 483 g/mol. The Bertz CT molecular complexity index is 1170. The second kappa shape index (κ2) is 9.96. The van der Waals surface area contributed by atoms with Gasteiger partial charge in [-0.3, -0.25) is 19.3 Å². The lowest BCUT2D eigenvalue weighted by Crippen LogP contribution is -2.34. The van der Waals surface area contributed by atoms with Crippen molar-refractivity contribution < 1.29 is 14.4 Å². The van der Waals surface area contributed by atoms with Crippen LogP contribution >= 0.6 is 34.8 Å². The second-order valence-corrected chi connectivity index (χ2v) is 8.92. The number of carbonyl (C=O) groups is 3. The number of amides is 3. The van der Waals surface area contributed by atoms with Crippen LogP contribution in [0.5, 0.6) is 0 Å². The molecule has 3 amide bonds. The highest BCUT2D eigenvalue weighted by atomic mass is 35.5. The molecule has 0 N–H and O–H groups in total. The molecule has 0 fully saturated rings. The SMILES string of the molecule is O=C1c2ccccc2C(=O)N1CCCCN(C(=O)c1cc(Cl)cc(Cl)c1)c1ccc(Cl)cc1. The Morgan fingerprint density at radius 2 is 1.33 bits per heavy atom. The third kappa shape index (κ3) is 5.06. The van der Waals surface area contributed by atoms with Crippen LogP contribution in [0, 0.1) is 0 Å². The van der Waals surface area contributed by atoms with E-state index in [1.54, 1.807) is 71.6 Å². The van der Waals surface area contributed by atoms with Crippen LogP contribution in [0.3, 0.4) is 0 Å². The Labute approximate surface area is 206 Å². The van der Waals surface area contributed by atoms with Gasteiger partial charge >= 0.3 is 0 Å². The first-order valence-electron chi connectivity index (χ1n) is 10.3. The fraction of sp³-hybridized carbons (Fsp3) is 0.160. The van der Waals surface area contributed by atoms with E-state index in [-0.39, 0.29) is 24.3 Å². The normalized spacial score (nSPS) is 12.8. The van der Waals surface area contributed by atoms with E-state index in [1.165, 1.54) is 4.90 Å². The largest absolute Gasteiger partial charge is 0.308 e. The Hall–Kier alpha value is -2.86. The molecule has 168 valence electrons. The predicted molar refractivity (Wildman–Crippen MR) is 131 cm³/mol. The van der Waals surface area contributed by atoms with Crippen LogP contribution in [-0.2, 0) is 0 Å². The van der Waals surface area contributed by atoms with E-state index < -0.39 is 0 Å². The monoisotopic (exact) mass is 500 g/mol. The molecule has 1 aliphatic rings. The molecule has 1 aliphatic heterocycles. The minimum Gasteiger partial charge on any atom is -0.308 e. The average Bonchev–Trinajstić information content (AvgIpc) is 3.04. The zero-order valence-electron chi connectivity index (χ0n) is 17.4. The highest BCUT2D eigenvalue weighted by molar-refractivity contribution is 6.35. The average molecular weight is 502 g/mol. The minimum absolute atomic E-state index is 0.262. The topological polar surface area (TPSA) is 57.7 Å². The number of halogens is 3. The third-order valence-electron chi connectivity index (χ3n) is 5.38. The van der Waals surface area contributed by atoms with Gasteiger partial charge in [0.25, 0.3) is 17.7 Å². The fourth-order valence-corrected chi connectivity index (χ4v) is 4.44. The third-order valence-corrected chi connectivity index (χ3v) is 6.07. The molecule has 0 aliphatic carbocycles. The van der Waals surface area contributed by atoms with E-state index in [2.05, 4.69) is 0 Å². The number of benzene rings is 3. The maximum Gasteiger partial charge on any atom is 0.261 e. The Morgan fingerprint density at radius 1 is 0.758 bits per heavy atom. The molecule has 0 aromatic heterocycles. The number of rotatable bonds is 7. The van der Waals surface area contributed by atoms with Crippen LogP contribution in [0.15, 0.2) is 66.7 Å². The van der Waals surface area contributed by atoms with Crippen molar-refractivity contribution in [3.05, 3.63) is 98.5 Å². The molecule has 5 nitrogen and oxygen atoms in total. The summed E-state index contributed by atoms with van der Waals surface area (Å²) < 4.78 is 0. The summed E-state index contributed by atoms with van der Waals surface area (Å²) >= 11 is 18.2. The summed E-state index contributed by atoms with van der Waals surface area (Å²) in [6.45, 7) is 0.645. The van der Waals surface area contributed by atoms with Gasteiger partial charge in [0.2, 0.25) is 0 Å². The van der Waals surface area contributed by atoms with E-state index >= 15 is 0 Å². The number of nitrogens with zero attached hydrogens (tertiary/aromatic N) is 2. The summed E-state index contributed by atoms with van der Waals surface area (Å²) in [4.78, 5) is 41.3. The van der Waals surface area contributed by atoms with Gasteiger partial charge < -0.3 is 4.90 Å². The van der Waals surface area contributed by atoms with Crippen molar-refractivity contribution in [2.45, 2.75) is 12.8 Å². The van der Waals surface area contributed by atoms with Gasteiger partial charge in [0.1, 0.15) is 0 Å². The molecule has 0 atom stereocenters. The van der Waals surface area contributed by atoms with Crippen molar-refractivity contribution >= 4 is 58.2 Å². The van der Waals surface area contributed by atoms with E-state index in [1.807, 2.05) is 0 Å². The maximum atomic E-state index is 13.3. The van der Waals surface area contributed by atoms with Crippen molar-refractivity contribution in [3.63, 3.8) is 0 Å². The number of unbranched alkanes of at least 4 members (excludes halogenated alkanes) is 1. The van der Waals surface area contributed by atoms with Gasteiger partial charge in [-0.05, 0) is 67.4 Å². The number of anilines is 1. The number of fused-ring (bicyclic) bond motifs is 1. The van der Waals surface area contributed by atoms with Gasteiger partial charge in [-0.25, -0.2) is 0 Å². The minimum atomic E-state index is -0.283. The molecule has 33 heavy (non-hydrogen) atoms. The predicted octanol–water partition coefficient (Wildman–Crippen LogP) is 6.37. The molecule has 8 heteroatoms. The van der Waals surface area contributed by atoms with E-state index in [9.17, 15) is 14.4 Å². The quantitative estimate of drug-likeness (QED) is 0.279. The summed E-state index contributed by atoms with van der Waals surface area (Å²) in [5.41, 5.74) is 1.89. The van der Waals surface area contributed by atoms with Crippen LogP contribution < -0.4 is 4.90 Å². The zero-order valence-corrected chi connectivity index (χ0v) is 19.7. The first-order valence-corrected chi connectivity index (χ1v) is 11.5. The number of carbonyl (C=O) groups excluding carboxylic acids is 3. The van der Waals surface area contributed by atoms with Crippen LogP contribution in [0.1, 0.15) is 43.9 Å². The Kier molecular flexibility index (Phi) is 7.03. The summed E-state index contributed by atoms with van der Waals surface area (Å²) in [6, 6.07) is 18.4. The van der Waals surface area contributed by atoms with Crippen molar-refractivity contribution in [3.8, 4) is 0 Å². The number of hydrogen-bond acceptors (Lipinski definition) is 3. The molecular formula is C25H19Cl3N2O3. The summed E-state index contributed by atoms with van der Waals surface area (Å²) in [5, 5.41) is 1.29. The van der Waals surface area contributed by atoms with E-state index in [4.69, 9.17) is 34.8 Å². The molecule has 0 unspecified atom stereocenters. The van der Waals surface area contributed by atoms with Gasteiger partial charge in [0.15, 0.2) is 0 Å². The molecule has 0 radical (unpaired) electrons. The highest BCUT2D eigenvalue weighted by Crippen LogP contribution is 2.26. The molecule has 3 aromatic rings. The summed E-state index contributed by atoms with van der Waals surface area (Å²) in [6.07, 6.45) is 1.11. The molecule has 0 saturated carbocycles. The molecule has 0 saturated heterocycles. The first kappa shape index (κ1) is 23.3. The lowest BCUT2D eigenvalue weighted by atomic mass is 10.1. The smallest absolute Gasteiger partial charge is 0.261 e. The van der Waals surface area contributed by atoms with Crippen LogP contribution in [0.2, 0.25) is 15.1 Å². The lowest BCUT2D eigenvalue weighted by molar-refractivity contribution is 0.0651. The van der Waals surface area contributed by atoms with Crippen molar-refractivity contribution in [1.82, 2.24) is 4.90 Å². The van der Waals surface area contributed by atoms with Crippen molar-refractivity contribution in [2.24, 2.45) is 0 Å². The molecule has 3 aromatic carbocycles. The van der Waals surface area contributed by atoms with Gasteiger partial charge in [0.05, 0.1) is 11.1 Å². The number of imide groups is 1.